The third-order valence-electron chi connectivity index (χ3n) is 3.21. The summed E-state index contributed by atoms with van der Waals surface area (Å²) in [6, 6.07) is 6.98. The van der Waals surface area contributed by atoms with E-state index in [1.165, 1.54) is 4.90 Å². The van der Waals surface area contributed by atoms with Gasteiger partial charge in [0.05, 0.1) is 11.3 Å². The Hall–Kier alpha value is -2.54. The normalized spacial score (nSPS) is 18.1. The molecule has 2 heterocycles. The van der Waals surface area contributed by atoms with Crippen LogP contribution in [0.2, 0.25) is 0 Å². The first-order chi connectivity index (χ1) is 9.50. The first-order valence-electron chi connectivity index (χ1n) is 5.79. The minimum atomic E-state index is -0.660. The van der Waals surface area contributed by atoms with E-state index in [-0.39, 0.29) is 22.2 Å². The highest BCUT2D eigenvalue weighted by Crippen LogP contribution is 2.37. The van der Waals surface area contributed by atoms with Crippen molar-refractivity contribution >= 4 is 46.3 Å². The lowest BCUT2D eigenvalue weighted by Crippen LogP contribution is -2.52. The van der Waals surface area contributed by atoms with Gasteiger partial charge in [-0.1, -0.05) is 18.2 Å². The molecule has 100 valence electrons. The van der Waals surface area contributed by atoms with E-state index >= 15 is 0 Å². The zero-order valence-corrected chi connectivity index (χ0v) is 11.2. The van der Waals surface area contributed by atoms with Crippen LogP contribution in [0, 0.1) is 0 Å². The van der Waals surface area contributed by atoms with Gasteiger partial charge in [0.2, 0.25) is 0 Å². The SMILES string of the molecule is CN1C(=O)C(=C2C(=O)NC(=S)NC2=O)c2ccccc21. The summed E-state index contributed by atoms with van der Waals surface area (Å²) in [6.07, 6.45) is 0. The van der Waals surface area contributed by atoms with Gasteiger partial charge in [0.15, 0.2) is 5.11 Å². The van der Waals surface area contributed by atoms with Gasteiger partial charge in [-0.15, -0.1) is 0 Å². The maximum Gasteiger partial charge on any atom is 0.263 e. The molecule has 0 atom stereocenters. The van der Waals surface area contributed by atoms with Crippen LogP contribution in [0.15, 0.2) is 29.8 Å². The fraction of sp³-hybridized carbons (Fsp3) is 0.0769. The van der Waals surface area contributed by atoms with E-state index in [1.807, 2.05) is 0 Å². The zero-order chi connectivity index (χ0) is 14.4. The fourth-order valence-electron chi connectivity index (χ4n) is 2.30. The first kappa shape index (κ1) is 12.5. The number of carbonyl (C=O) groups excluding carboxylic acids is 3. The molecule has 0 unspecified atom stereocenters. The molecule has 0 saturated carbocycles. The Morgan fingerprint density at radius 3 is 2.25 bits per heavy atom. The summed E-state index contributed by atoms with van der Waals surface area (Å²) in [4.78, 5) is 37.7. The van der Waals surface area contributed by atoms with Gasteiger partial charge in [0.1, 0.15) is 5.57 Å². The predicted octanol–water partition coefficient (Wildman–Crippen LogP) is -0.0525. The summed E-state index contributed by atoms with van der Waals surface area (Å²) in [5.41, 5.74) is 1.11. The molecule has 2 aliphatic rings. The Morgan fingerprint density at radius 1 is 1.00 bits per heavy atom. The summed E-state index contributed by atoms with van der Waals surface area (Å²) in [7, 11) is 1.60. The van der Waals surface area contributed by atoms with E-state index in [1.54, 1.807) is 31.3 Å². The molecule has 0 aliphatic carbocycles. The lowest BCUT2D eigenvalue weighted by Gasteiger charge is -2.18. The summed E-state index contributed by atoms with van der Waals surface area (Å²) in [6.45, 7) is 0. The Morgan fingerprint density at radius 2 is 1.60 bits per heavy atom. The highest BCUT2D eigenvalue weighted by molar-refractivity contribution is 7.80. The number of nitrogens with zero attached hydrogens (tertiary/aromatic N) is 1. The molecule has 2 aliphatic heterocycles. The van der Waals surface area contributed by atoms with Crippen LogP contribution < -0.4 is 15.5 Å². The van der Waals surface area contributed by atoms with Crippen LogP contribution in [0.4, 0.5) is 5.69 Å². The third-order valence-corrected chi connectivity index (χ3v) is 3.42. The van der Waals surface area contributed by atoms with E-state index in [0.717, 1.165) is 0 Å². The molecule has 1 saturated heterocycles. The number of likely N-dealkylation sites (N-methyl/N-ethyl adjacent to an activating group) is 1. The molecule has 3 rings (SSSR count). The van der Waals surface area contributed by atoms with Gasteiger partial charge in [0.25, 0.3) is 17.7 Å². The van der Waals surface area contributed by atoms with Gasteiger partial charge in [-0.3, -0.25) is 25.0 Å². The Kier molecular flexibility index (Phi) is 2.65. The zero-order valence-electron chi connectivity index (χ0n) is 10.4. The number of fused-ring (bicyclic) bond motifs is 1. The number of thiocarbonyl (C=S) groups is 1. The second-order valence-corrected chi connectivity index (χ2v) is 4.78. The summed E-state index contributed by atoms with van der Waals surface area (Å²) in [5, 5.41) is 4.61. The molecule has 6 nitrogen and oxygen atoms in total. The molecule has 1 aromatic carbocycles. The van der Waals surface area contributed by atoms with Crippen molar-refractivity contribution in [2.45, 2.75) is 0 Å². The average Bonchev–Trinajstić information content (AvgIpc) is 2.64. The van der Waals surface area contributed by atoms with Crippen LogP contribution in [-0.2, 0) is 14.4 Å². The number of benzene rings is 1. The number of anilines is 1. The van der Waals surface area contributed by atoms with E-state index in [9.17, 15) is 14.4 Å². The smallest absolute Gasteiger partial charge is 0.263 e. The molecule has 0 aromatic heterocycles. The van der Waals surface area contributed by atoms with Crippen molar-refractivity contribution in [2.24, 2.45) is 0 Å². The van der Waals surface area contributed by atoms with Crippen molar-refractivity contribution < 1.29 is 14.4 Å². The quantitative estimate of drug-likeness (QED) is 0.398. The maximum absolute atomic E-state index is 12.3. The van der Waals surface area contributed by atoms with E-state index < -0.39 is 11.8 Å². The molecule has 1 aromatic rings. The molecular weight excluding hydrogens is 278 g/mol. The van der Waals surface area contributed by atoms with Gasteiger partial charge in [0, 0.05) is 12.6 Å². The van der Waals surface area contributed by atoms with Crippen molar-refractivity contribution in [3.8, 4) is 0 Å². The number of nitrogens with one attached hydrogen (secondary N) is 2. The molecule has 0 radical (unpaired) electrons. The summed E-state index contributed by atoms with van der Waals surface area (Å²) >= 11 is 4.74. The highest BCUT2D eigenvalue weighted by atomic mass is 32.1. The molecule has 1 fully saturated rings. The van der Waals surface area contributed by atoms with Crippen molar-refractivity contribution in [3.05, 3.63) is 35.4 Å². The molecule has 0 spiro atoms. The Balaban J connectivity index is 2.26. The number of hydrogen-bond acceptors (Lipinski definition) is 4. The van der Waals surface area contributed by atoms with Gasteiger partial charge in [-0.2, -0.15) is 0 Å². The van der Waals surface area contributed by atoms with Crippen molar-refractivity contribution in [1.82, 2.24) is 10.6 Å². The van der Waals surface area contributed by atoms with Crippen LogP contribution in [-0.4, -0.2) is 29.9 Å². The second kappa shape index (κ2) is 4.24. The van der Waals surface area contributed by atoms with Gasteiger partial charge >= 0.3 is 0 Å². The minimum Gasteiger partial charge on any atom is -0.311 e. The average molecular weight is 287 g/mol. The molecule has 0 bridgehead atoms. The van der Waals surface area contributed by atoms with E-state index in [0.29, 0.717) is 11.3 Å². The van der Waals surface area contributed by atoms with E-state index in [4.69, 9.17) is 12.2 Å². The lowest BCUT2D eigenvalue weighted by atomic mass is 9.99. The van der Waals surface area contributed by atoms with Crippen LogP contribution in [0.3, 0.4) is 0 Å². The van der Waals surface area contributed by atoms with Gasteiger partial charge in [-0.25, -0.2) is 0 Å². The van der Waals surface area contributed by atoms with Crippen LogP contribution in [0.1, 0.15) is 5.56 Å². The number of hydrogen-bond donors (Lipinski definition) is 2. The Bertz CT molecular complexity index is 701. The topological polar surface area (TPSA) is 78.5 Å². The van der Waals surface area contributed by atoms with Crippen molar-refractivity contribution in [2.75, 3.05) is 11.9 Å². The third kappa shape index (κ3) is 1.64. The largest absolute Gasteiger partial charge is 0.311 e. The number of rotatable bonds is 0. The van der Waals surface area contributed by atoms with Gasteiger partial charge < -0.3 is 4.90 Å². The minimum absolute atomic E-state index is 0.0589. The molecule has 7 heteroatoms. The van der Waals surface area contributed by atoms with Crippen molar-refractivity contribution in [3.63, 3.8) is 0 Å². The molecule has 2 N–H and O–H groups in total. The second-order valence-electron chi connectivity index (χ2n) is 4.37. The van der Waals surface area contributed by atoms with Crippen LogP contribution >= 0.6 is 12.2 Å². The lowest BCUT2D eigenvalue weighted by molar-refractivity contribution is -0.124. The monoisotopic (exact) mass is 287 g/mol. The number of para-hydroxylation sites is 1. The number of amides is 3. The first-order valence-corrected chi connectivity index (χ1v) is 6.20. The van der Waals surface area contributed by atoms with Crippen LogP contribution in [0.5, 0.6) is 0 Å². The standard InChI is InChI=1S/C13H9N3O3S/c1-16-7-5-3-2-4-6(7)8(12(16)19)9-10(17)14-13(20)15-11(9)18/h2-5H,1H3,(H2,14,15,17,18,20). The fourth-order valence-corrected chi connectivity index (χ4v) is 2.49. The highest BCUT2D eigenvalue weighted by Gasteiger charge is 2.38. The van der Waals surface area contributed by atoms with Crippen molar-refractivity contribution in [1.29, 1.82) is 0 Å². The molecule has 20 heavy (non-hydrogen) atoms. The van der Waals surface area contributed by atoms with E-state index in [2.05, 4.69) is 10.6 Å². The Labute approximate surface area is 119 Å². The maximum atomic E-state index is 12.3. The van der Waals surface area contributed by atoms with Crippen LogP contribution in [0.25, 0.3) is 5.57 Å². The predicted molar refractivity (Wildman–Crippen MR) is 75.7 cm³/mol. The van der Waals surface area contributed by atoms with Gasteiger partial charge in [-0.05, 0) is 18.3 Å². The summed E-state index contributed by atoms with van der Waals surface area (Å²) in [5.74, 6) is -1.71. The summed E-state index contributed by atoms with van der Waals surface area (Å²) < 4.78 is 0. The molecular formula is C13H9N3O3S. The molecule has 3 amide bonds. The number of carbonyl (C=O) groups is 3.